The lowest BCUT2D eigenvalue weighted by Crippen LogP contribution is -2.20. The molecule has 0 N–H and O–H groups in total. The third-order valence-corrected chi connectivity index (χ3v) is 8.54. The standard InChI is InChI=1S/C18H15S.C13H20F2O7S/c1-4-10-16(11-5-1)19(17-12-6-2-7-13-17)18-14-8-3-9-15-18;1-2-11(16)20-9-7-5-3-4-6-8-10-21-13(17)22-23(18,19)12(14)15/h1-15H;2,12H,1,3-10H2/q+1;. The van der Waals surface area contributed by atoms with E-state index in [4.69, 9.17) is 4.74 Å². The van der Waals surface area contributed by atoms with Gasteiger partial charge in [-0.2, -0.15) is 17.2 Å². The van der Waals surface area contributed by atoms with Gasteiger partial charge in [-0.1, -0.05) is 86.9 Å². The molecule has 42 heavy (non-hydrogen) atoms. The van der Waals surface area contributed by atoms with Crippen molar-refractivity contribution in [1.29, 1.82) is 0 Å². The van der Waals surface area contributed by atoms with Crippen LogP contribution < -0.4 is 0 Å². The predicted octanol–water partition coefficient (Wildman–Crippen LogP) is 7.54. The Hall–Kier alpha value is -3.70. The van der Waals surface area contributed by atoms with E-state index in [0.717, 1.165) is 31.8 Å². The van der Waals surface area contributed by atoms with E-state index in [-0.39, 0.29) is 17.5 Å². The summed E-state index contributed by atoms with van der Waals surface area (Å²) in [6, 6.07) is 32.2. The summed E-state index contributed by atoms with van der Waals surface area (Å²) in [5.41, 5.74) is 0. The van der Waals surface area contributed by atoms with Crippen molar-refractivity contribution in [2.24, 2.45) is 0 Å². The second-order valence-electron chi connectivity index (χ2n) is 8.67. The van der Waals surface area contributed by atoms with Crippen molar-refractivity contribution in [3.05, 3.63) is 104 Å². The van der Waals surface area contributed by atoms with Gasteiger partial charge in [0, 0.05) is 6.08 Å². The first-order valence-electron chi connectivity index (χ1n) is 13.3. The molecule has 0 aromatic heterocycles. The van der Waals surface area contributed by atoms with Gasteiger partial charge < -0.3 is 13.7 Å². The molecule has 0 amide bonds. The molecular weight excluding hydrogens is 586 g/mol. The molecule has 0 bridgehead atoms. The van der Waals surface area contributed by atoms with Crippen LogP contribution in [-0.2, 0) is 39.5 Å². The SMILES string of the molecule is C=CC(=O)OCCCCCCCCOC(=O)OS(=O)(=O)C(F)F.c1ccc([S+](c2ccccc2)c2ccccc2)cc1. The van der Waals surface area contributed by atoms with Crippen LogP contribution >= 0.6 is 0 Å². The first-order chi connectivity index (χ1) is 20.2. The number of carbonyl (C=O) groups is 2. The van der Waals surface area contributed by atoms with E-state index in [1.54, 1.807) is 0 Å². The minimum absolute atomic E-state index is 0.0146. The molecule has 0 aliphatic heterocycles. The fraction of sp³-hybridized carbons (Fsp3) is 0.290. The lowest BCUT2D eigenvalue weighted by atomic mass is 10.1. The van der Waals surface area contributed by atoms with Crippen LogP contribution in [0, 0.1) is 0 Å². The third-order valence-electron chi connectivity index (χ3n) is 5.51. The largest absolute Gasteiger partial charge is 0.524 e. The lowest BCUT2D eigenvalue weighted by molar-refractivity contribution is -0.137. The van der Waals surface area contributed by atoms with E-state index in [1.807, 2.05) is 0 Å². The molecule has 0 aliphatic carbocycles. The van der Waals surface area contributed by atoms with E-state index in [0.29, 0.717) is 19.4 Å². The number of halogens is 2. The van der Waals surface area contributed by atoms with Gasteiger partial charge in [0.2, 0.25) is 0 Å². The summed E-state index contributed by atoms with van der Waals surface area (Å²) in [5.74, 6) is -4.25. The maximum absolute atomic E-state index is 11.9. The van der Waals surface area contributed by atoms with E-state index in [9.17, 15) is 26.8 Å². The third kappa shape index (κ3) is 13.3. The molecule has 0 unspecified atom stereocenters. The van der Waals surface area contributed by atoms with Crippen LogP contribution in [0.25, 0.3) is 0 Å². The first-order valence-corrected chi connectivity index (χ1v) is 16.0. The number of ether oxygens (including phenoxy) is 2. The summed E-state index contributed by atoms with van der Waals surface area (Å²) in [6.45, 7) is 3.48. The molecule has 7 nitrogen and oxygen atoms in total. The number of hydrogen-bond donors (Lipinski definition) is 0. The van der Waals surface area contributed by atoms with Gasteiger partial charge in [0.1, 0.15) is 0 Å². The lowest BCUT2D eigenvalue weighted by Gasteiger charge is -2.07. The molecule has 0 fully saturated rings. The number of benzene rings is 3. The summed E-state index contributed by atoms with van der Waals surface area (Å²) in [4.78, 5) is 25.7. The highest BCUT2D eigenvalue weighted by molar-refractivity contribution is 7.97. The highest BCUT2D eigenvalue weighted by Crippen LogP contribution is 2.30. The van der Waals surface area contributed by atoms with E-state index >= 15 is 0 Å². The van der Waals surface area contributed by atoms with Crippen LogP contribution in [0.5, 0.6) is 0 Å². The van der Waals surface area contributed by atoms with Gasteiger partial charge in [-0.15, -0.1) is 0 Å². The minimum Gasteiger partial charge on any atom is -0.463 e. The van der Waals surface area contributed by atoms with E-state index in [2.05, 4.69) is 106 Å². The van der Waals surface area contributed by atoms with Crippen molar-refractivity contribution in [3.63, 3.8) is 0 Å². The Morgan fingerprint density at radius 1 is 0.690 bits per heavy atom. The normalized spacial score (nSPS) is 10.9. The molecule has 0 saturated heterocycles. The topological polar surface area (TPSA) is 96.0 Å². The van der Waals surface area contributed by atoms with Gasteiger partial charge in [-0.05, 0) is 49.2 Å². The van der Waals surface area contributed by atoms with Gasteiger partial charge in [0.25, 0.3) is 0 Å². The fourth-order valence-electron chi connectivity index (χ4n) is 3.53. The van der Waals surface area contributed by atoms with E-state index in [1.165, 1.54) is 14.7 Å². The van der Waals surface area contributed by atoms with Crippen molar-refractivity contribution < 1.29 is 40.4 Å². The highest BCUT2D eigenvalue weighted by atomic mass is 32.2. The molecule has 11 heteroatoms. The van der Waals surface area contributed by atoms with Crippen LogP contribution in [-0.4, -0.2) is 39.5 Å². The van der Waals surface area contributed by atoms with Crippen LogP contribution in [0.15, 0.2) is 118 Å². The number of esters is 1. The number of unbranched alkanes of at least 4 members (excludes halogenated alkanes) is 5. The Kier molecular flexibility index (Phi) is 16.0. The maximum atomic E-state index is 11.9. The van der Waals surface area contributed by atoms with Crippen molar-refractivity contribution in [3.8, 4) is 0 Å². The fourth-order valence-corrected chi connectivity index (χ4v) is 5.95. The molecule has 0 spiro atoms. The molecule has 3 aromatic rings. The zero-order valence-electron chi connectivity index (χ0n) is 23.1. The molecule has 0 radical (unpaired) electrons. The van der Waals surface area contributed by atoms with Gasteiger partial charge in [0.15, 0.2) is 14.7 Å². The van der Waals surface area contributed by atoms with Crippen LogP contribution in [0.4, 0.5) is 13.6 Å². The van der Waals surface area contributed by atoms with Gasteiger partial charge in [-0.25, -0.2) is 9.59 Å². The molecule has 0 heterocycles. The molecule has 0 atom stereocenters. The number of hydrogen-bond acceptors (Lipinski definition) is 7. The van der Waals surface area contributed by atoms with Crippen molar-refractivity contribution in [1.82, 2.24) is 0 Å². The Balaban J connectivity index is 0.000000297. The van der Waals surface area contributed by atoms with Gasteiger partial charge in [-0.3, -0.25) is 0 Å². The first kappa shape index (κ1) is 34.5. The molecule has 3 rings (SSSR count). The van der Waals surface area contributed by atoms with Crippen molar-refractivity contribution in [2.75, 3.05) is 13.2 Å². The summed E-state index contributed by atoms with van der Waals surface area (Å²) in [5, 5.41) is 0. The van der Waals surface area contributed by atoms with Crippen LogP contribution in [0.3, 0.4) is 0 Å². The smallest absolute Gasteiger partial charge is 0.463 e. The van der Waals surface area contributed by atoms with E-state index < -0.39 is 28.0 Å². The predicted molar refractivity (Wildman–Crippen MR) is 158 cm³/mol. The number of rotatable bonds is 15. The molecule has 3 aromatic carbocycles. The molecule has 0 saturated carbocycles. The average Bonchev–Trinajstić information content (AvgIpc) is 3.00. The molecule has 226 valence electrons. The second-order valence-corrected chi connectivity index (χ2v) is 12.2. The highest BCUT2D eigenvalue weighted by Gasteiger charge is 2.30. The summed E-state index contributed by atoms with van der Waals surface area (Å²) >= 11 is 0. The van der Waals surface area contributed by atoms with Crippen molar-refractivity contribution in [2.45, 2.75) is 59.0 Å². The Morgan fingerprint density at radius 3 is 1.45 bits per heavy atom. The second kappa shape index (κ2) is 19.4. The number of alkyl halides is 2. The Bertz CT molecular complexity index is 1210. The van der Waals surface area contributed by atoms with Crippen molar-refractivity contribution >= 4 is 33.1 Å². The quantitative estimate of drug-likeness (QED) is 0.0569. The monoisotopic (exact) mass is 621 g/mol. The number of carbonyl (C=O) groups excluding carboxylic acids is 2. The average molecular weight is 622 g/mol. The van der Waals surface area contributed by atoms with Crippen LogP contribution in [0.1, 0.15) is 38.5 Å². The molecule has 0 aliphatic rings. The van der Waals surface area contributed by atoms with Crippen LogP contribution in [0.2, 0.25) is 0 Å². The summed E-state index contributed by atoms with van der Waals surface area (Å²) in [7, 11) is -5.23. The van der Waals surface area contributed by atoms with Gasteiger partial charge >= 0.3 is 28.0 Å². The zero-order chi connectivity index (χ0) is 30.6. The summed E-state index contributed by atoms with van der Waals surface area (Å²) < 4.78 is 57.6. The summed E-state index contributed by atoms with van der Waals surface area (Å²) in [6.07, 6.45) is 3.91. The Labute approximate surface area is 249 Å². The van der Waals surface area contributed by atoms with Gasteiger partial charge in [0.05, 0.1) is 24.1 Å². The molecular formula is C31H35F2O7S2+. The maximum Gasteiger partial charge on any atom is 0.524 e. The zero-order valence-corrected chi connectivity index (χ0v) is 24.7. The minimum atomic E-state index is -5.22. The Morgan fingerprint density at radius 2 is 1.07 bits per heavy atom.